The monoisotopic (exact) mass is 426 g/mol. The van der Waals surface area contributed by atoms with Crippen LogP contribution in [0.25, 0.3) is 11.3 Å². The third kappa shape index (κ3) is 5.40. The molecule has 3 aromatic rings. The second-order valence-electron chi connectivity index (χ2n) is 6.59. The maximum absolute atomic E-state index is 12.8. The molecule has 0 radical (unpaired) electrons. The van der Waals surface area contributed by atoms with Gasteiger partial charge < -0.3 is 0 Å². The van der Waals surface area contributed by atoms with Crippen molar-refractivity contribution in [1.82, 2.24) is 4.98 Å². The number of rotatable bonds is 8. The summed E-state index contributed by atoms with van der Waals surface area (Å²) in [6.07, 6.45) is 3.91. The molecule has 2 aromatic carbocycles. The van der Waals surface area contributed by atoms with Crippen molar-refractivity contribution in [2.24, 2.45) is 0 Å². The third-order valence-electron chi connectivity index (χ3n) is 4.38. The van der Waals surface area contributed by atoms with Crippen molar-refractivity contribution < 1.29 is 13.2 Å². The second-order valence-corrected chi connectivity index (χ2v) is 9.44. The maximum atomic E-state index is 12.8. The Hall–Kier alpha value is -2.77. The molecule has 7 heteroatoms. The minimum absolute atomic E-state index is 0.0120. The third-order valence-corrected chi connectivity index (χ3v) is 6.38. The molecule has 0 unspecified atom stereocenters. The van der Waals surface area contributed by atoms with Gasteiger partial charge in [0, 0.05) is 30.2 Å². The van der Waals surface area contributed by atoms with E-state index in [9.17, 15) is 13.2 Å². The minimum atomic E-state index is -3.24. The van der Waals surface area contributed by atoms with Gasteiger partial charge in [-0.3, -0.25) is 9.69 Å². The van der Waals surface area contributed by atoms with Crippen LogP contribution in [-0.4, -0.2) is 32.1 Å². The van der Waals surface area contributed by atoms with Gasteiger partial charge in [0.05, 0.1) is 10.6 Å². The molecular formula is C22H22N2O3S2. The van der Waals surface area contributed by atoms with E-state index in [0.29, 0.717) is 30.2 Å². The van der Waals surface area contributed by atoms with E-state index in [1.54, 1.807) is 35.2 Å². The van der Waals surface area contributed by atoms with Crippen LogP contribution in [0.15, 0.2) is 77.5 Å². The quantitative estimate of drug-likeness (QED) is 0.502. The van der Waals surface area contributed by atoms with Crippen LogP contribution in [0.5, 0.6) is 0 Å². The molecule has 1 aromatic heterocycles. The topological polar surface area (TPSA) is 67.3 Å². The fourth-order valence-corrected chi connectivity index (χ4v) is 4.33. The van der Waals surface area contributed by atoms with Gasteiger partial charge in [0.15, 0.2) is 15.0 Å². The fraction of sp³-hybridized carbons (Fsp3) is 0.182. The van der Waals surface area contributed by atoms with Crippen LogP contribution in [0.3, 0.4) is 0 Å². The zero-order valence-corrected chi connectivity index (χ0v) is 17.7. The van der Waals surface area contributed by atoms with Crippen molar-refractivity contribution in [3.05, 3.63) is 78.2 Å². The molecule has 5 nitrogen and oxygen atoms in total. The number of nitrogens with zero attached hydrogens (tertiary/aromatic N) is 2. The molecule has 0 atom stereocenters. The lowest BCUT2D eigenvalue weighted by Gasteiger charge is -2.18. The molecule has 1 heterocycles. The lowest BCUT2D eigenvalue weighted by Crippen LogP contribution is -2.31. The Labute approximate surface area is 175 Å². The van der Waals surface area contributed by atoms with Gasteiger partial charge in [-0.2, -0.15) is 0 Å². The molecule has 3 rings (SSSR count). The van der Waals surface area contributed by atoms with E-state index in [2.05, 4.69) is 11.6 Å². The van der Waals surface area contributed by atoms with Crippen molar-refractivity contribution in [3.8, 4) is 11.3 Å². The Kier molecular flexibility index (Phi) is 6.61. The van der Waals surface area contributed by atoms with Gasteiger partial charge in [0.1, 0.15) is 0 Å². The highest BCUT2D eigenvalue weighted by Crippen LogP contribution is 2.28. The van der Waals surface area contributed by atoms with Crippen LogP contribution in [0.1, 0.15) is 12.0 Å². The molecule has 0 spiro atoms. The van der Waals surface area contributed by atoms with E-state index in [-0.39, 0.29) is 10.8 Å². The summed E-state index contributed by atoms with van der Waals surface area (Å²) in [4.78, 5) is 19.3. The van der Waals surface area contributed by atoms with Gasteiger partial charge in [0.2, 0.25) is 5.91 Å². The number of anilines is 1. The van der Waals surface area contributed by atoms with Crippen molar-refractivity contribution in [3.63, 3.8) is 0 Å². The number of hydrogen-bond donors (Lipinski definition) is 0. The van der Waals surface area contributed by atoms with Crippen molar-refractivity contribution >= 4 is 32.2 Å². The lowest BCUT2D eigenvalue weighted by atomic mass is 10.1. The summed E-state index contributed by atoms with van der Waals surface area (Å²) in [5.74, 6) is -0.0120. The number of thiazole rings is 1. The van der Waals surface area contributed by atoms with Gasteiger partial charge in [-0.05, 0) is 24.1 Å². The van der Waals surface area contributed by atoms with Gasteiger partial charge in [0.25, 0.3) is 0 Å². The number of benzene rings is 2. The minimum Gasteiger partial charge on any atom is -0.284 e. The first kappa shape index (κ1) is 21.0. The van der Waals surface area contributed by atoms with Crippen LogP contribution in [0.2, 0.25) is 0 Å². The highest BCUT2D eigenvalue weighted by molar-refractivity contribution is 7.90. The smallest absolute Gasteiger partial charge is 0.229 e. The number of aromatic nitrogens is 1. The van der Waals surface area contributed by atoms with Crippen LogP contribution < -0.4 is 4.90 Å². The van der Waals surface area contributed by atoms with Gasteiger partial charge in [-0.25, -0.2) is 13.4 Å². The molecule has 0 aliphatic rings. The normalized spacial score (nSPS) is 11.2. The Morgan fingerprint density at radius 1 is 1.14 bits per heavy atom. The molecule has 0 saturated heterocycles. The molecule has 150 valence electrons. The number of carbonyl (C=O) groups excluding carboxylic acids is 1. The summed E-state index contributed by atoms with van der Waals surface area (Å²) in [5, 5.41) is 2.47. The molecule has 29 heavy (non-hydrogen) atoms. The fourth-order valence-electron chi connectivity index (χ4n) is 2.84. The van der Waals surface area contributed by atoms with Crippen LogP contribution in [0.4, 0.5) is 5.13 Å². The molecule has 0 bridgehead atoms. The second kappa shape index (κ2) is 9.15. The van der Waals surface area contributed by atoms with Crippen LogP contribution in [-0.2, 0) is 21.1 Å². The Balaban J connectivity index is 1.76. The van der Waals surface area contributed by atoms with E-state index in [1.807, 2.05) is 35.7 Å². The highest BCUT2D eigenvalue weighted by Gasteiger charge is 2.18. The maximum Gasteiger partial charge on any atom is 0.229 e. The van der Waals surface area contributed by atoms with E-state index in [0.717, 1.165) is 11.1 Å². The zero-order chi connectivity index (χ0) is 20.9. The first-order valence-electron chi connectivity index (χ1n) is 9.09. The Morgan fingerprint density at radius 2 is 1.83 bits per heavy atom. The van der Waals surface area contributed by atoms with Crippen LogP contribution in [0, 0.1) is 0 Å². The largest absolute Gasteiger partial charge is 0.284 e. The number of carbonyl (C=O) groups is 1. The SMILES string of the molecule is C=CCN(C(=O)CCc1ccccc1)c1nc(-c2ccc(S(C)(=O)=O)cc2)cs1. The molecule has 0 aliphatic heterocycles. The summed E-state index contributed by atoms with van der Waals surface area (Å²) in [6.45, 7) is 4.13. The average Bonchev–Trinajstić information content (AvgIpc) is 3.20. The van der Waals surface area contributed by atoms with Crippen molar-refractivity contribution in [2.75, 3.05) is 17.7 Å². The lowest BCUT2D eigenvalue weighted by molar-refractivity contribution is -0.118. The number of aryl methyl sites for hydroxylation is 1. The Bertz CT molecular complexity index is 1090. The van der Waals surface area contributed by atoms with Gasteiger partial charge in [-0.15, -0.1) is 17.9 Å². The first-order chi connectivity index (χ1) is 13.9. The standard InChI is InChI=1S/C22H22N2O3S2/c1-3-15-24(21(25)14-9-17-7-5-4-6-8-17)22-23-20(16-28-22)18-10-12-19(13-11-18)29(2,26)27/h3-8,10-13,16H,1,9,14-15H2,2H3. The zero-order valence-electron chi connectivity index (χ0n) is 16.1. The summed E-state index contributed by atoms with van der Waals surface area (Å²) in [6, 6.07) is 16.5. The number of hydrogen-bond acceptors (Lipinski definition) is 5. The van der Waals surface area contributed by atoms with Gasteiger partial charge >= 0.3 is 0 Å². The summed E-state index contributed by atoms with van der Waals surface area (Å²) in [7, 11) is -3.24. The summed E-state index contributed by atoms with van der Waals surface area (Å²) < 4.78 is 23.2. The van der Waals surface area contributed by atoms with Crippen molar-refractivity contribution in [2.45, 2.75) is 17.7 Å². The predicted molar refractivity (Wildman–Crippen MR) is 118 cm³/mol. The summed E-state index contributed by atoms with van der Waals surface area (Å²) >= 11 is 1.38. The number of amides is 1. The van der Waals surface area contributed by atoms with Gasteiger partial charge in [-0.1, -0.05) is 48.5 Å². The first-order valence-corrected chi connectivity index (χ1v) is 11.9. The van der Waals surface area contributed by atoms with E-state index < -0.39 is 9.84 Å². The molecule has 0 fully saturated rings. The molecular weight excluding hydrogens is 404 g/mol. The number of sulfone groups is 1. The molecule has 0 aliphatic carbocycles. The predicted octanol–water partition coefficient (Wildman–Crippen LogP) is 4.37. The Morgan fingerprint density at radius 3 is 2.45 bits per heavy atom. The van der Waals surface area contributed by atoms with Crippen LogP contribution >= 0.6 is 11.3 Å². The van der Waals surface area contributed by atoms with Crippen molar-refractivity contribution in [1.29, 1.82) is 0 Å². The van der Waals surface area contributed by atoms with E-state index in [4.69, 9.17) is 0 Å². The highest BCUT2D eigenvalue weighted by atomic mass is 32.2. The molecule has 1 amide bonds. The average molecular weight is 427 g/mol. The van der Waals surface area contributed by atoms with E-state index >= 15 is 0 Å². The molecule has 0 N–H and O–H groups in total. The molecule has 0 saturated carbocycles. The van der Waals surface area contributed by atoms with E-state index in [1.165, 1.54) is 17.6 Å². The summed E-state index contributed by atoms with van der Waals surface area (Å²) in [5.41, 5.74) is 2.62.